The van der Waals surface area contributed by atoms with Gasteiger partial charge in [-0.25, -0.2) is 0 Å². The van der Waals surface area contributed by atoms with Crippen molar-refractivity contribution in [3.8, 4) is 0 Å². The van der Waals surface area contributed by atoms with E-state index in [-0.39, 0.29) is 23.2 Å². The maximum atomic E-state index is 12.7. The van der Waals surface area contributed by atoms with Gasteiger partial charge >= 0.3 is 0 Å². The summed E-state index contributed by atoms with van der Waals surface area (Å²) in [6.07, 6.45) is 3.23. The van der Waals surface area contributed by atoms with Crippen molar-refractivity contribution in [2.24, 2.45) is 0 Å². The summed E-state index contributed by atoms with van der Waals surface area (Å²) < 4.78 is 1.50. The number of piperidine rings is 1. The third kappa shape index (κ3) is 2.57. The van der Waals surface area contributed by atoms with Crippen LogP contribution in [0.3, 0.4) is 0 Å². The lowest BCUT2D eigenvalue weighted by atomic mass is 10.0. The van der Waals surface area contributed by atoms with Crippen LogP contribution in [0.25, 0.3) is 0 Å². The Morgan fingerprint density at radius 2 is 2.10 bits per heavy atom. The molecule has 5 heteroatoms. The summed E-state index contributed by atoms with van der Waals surface area (Å²) in [6.45, 7) is 6.45. The van der Waals surface area contributed by atoms with E-state index in [0.29, 0.717) is 0 Å². The molecule has 1 aliphatic rings. The first-order valence-corrected chi connectivity index (χ1v) is 7.21. The minimum absolute atomic E-state index is 0.00741. The van der Waals surface area contributed by atoms with Crippen molar-refractivity contribution < 1.29 is 4.79 Å². The van der Waals surface area contributed by atoms with Gasteiger partial charge in [0.25, 0.3) is 5.56 Å². The van der Waals surface area contributed by atoms with Crippen molar-refractivity contribution in [1.29, 1.82) is 0 Å². The molecule has 1 aromatic heterocycles. The van der Waals surface area contributed by atoms with Crippen molar-refractivity contribution in [1.82, 2.24) is 9.47 Å². The third-order valence-electron chi connectivity index (χ3n) is 4.18. The van der Waals surface area contributed by atoms with Crippen LogP contribution in [0.2, 0.25) is 0 Å². The first kappa shape index (κ1) is 14.6. The van der Waals surface area contributed by atoms with E-state index in [0.717, 1.165) is 31.5 Å². The van der Waals surface area contributed by atoms with E-state index in [1.165, 1.54) is 4.57 Å². The molecular weight excluding hydrogens is 254 g/mol. The number of nitrogen functional groups attached to an aromatic ring is 1. The molecule has 0 spiro atoms. The van der Waals surface area contributed by atoms with Crippen LogP contribution in [0, 0.1) is 6.92 Å². The molecule has 0 aliphatic carbocycles. The molecular formula is C15H23N3O2. The highest BCUT2D eigenvalue weighted by Crippen LogP contribution is 2.21. The molecule has 1 fully saturated rings. The molecule has 1 amide bonds. The fraction of sp³-hybridized carbons (Fsp3) is 0.600. The van der Waals surface area contributed by atoms with Crippen molar-refractivity contribution in [3.05, 3.63) is 28.2 Å². The summed E-state index contributed by atoms with van der Waals surface area (Å²) in [4.78, 5) is 26.7. The minimum Gasteiger partial charge on any atom is -0.394 e. The fourth-order valence-corrected chi connectivity index (χ4v) is 2.92. The van der Waals surface area contributed by atoms with Crippen LogP contribution in [0.1, 0.15) is 44.8 Å². The van der Waals surface area contributed by atoms with Gasteiger partial charge in [0, 0.05) is 18.3 Å². The Morgan fingerprint density at radius 1 is 1.40 bits per heavy atom. The number of aryl methyl sites for hydroxylation is 1. The zero-order chi connectivity index (χ0) is 14.9. The predicted octanol–water partition coefficient (Wildman–Crippen LogP) is 1.70. The van der Waals surface area contributed by atoms with Crippen LogP contribution in [-0.4, -0.2) is 28.0 Å². The second-order valence-corrected chi connectivity index (χ2v) is 5.66. The van der Waals surface area contributed by atoms with Gasteiger partial charge in [0.2, 0.25) is 5.91 Å². The topological polar surface area (TPSA) is 68.3 Å². The molecule has 0 unspecified atom stereocenters. The monoisotopic (exact) mass is 277 g/mol. The number of likely N-dealkylation sites (tertiary alicyclic amines) is 1. The van der Waals surface area contributed by atoms with Crippen LogP contribution in [0.4, 0.5) is 5.69 Å². The molecule has 0 radical (unpaired) electrons. The lowest BCUT2D eigenvalue weighted by molar-refractivity contribution is -0.137. The lowest BCUT2D eigenvalue weighted by Gasteiger charge is -2.35. The Hall–Kier alpha value is -1.78. The zero-order valence-corrected chi connectivity index (χ0v) is 12.4. The highest BCUT2D eigenvalue weighted by molar-refractivity contribution is 5.80. The molecule has 2 heterocycles. The number of rotatable bonds is 2. The number of aromatic nitrogens is 1. The van der Waals surface area contributed by atoms with E-state index >= 15 is 0 Å². The van der Waals surface area contributed by atoms with Gasteiger partial charge in [0.15, 0.2) is 0 Å². The molecule has 20 heavy (non-hydrogen) atoms. The van der Waals surface area contributed by atoms with Gasteiger partial charge in [-0.2, -0.15) is 0 Å². The molecule has 1 saturated heterocycles. The van der Waals surface area contributed by atoms with Gasteiger partial charge in [0.05, 0.1) is 5.69 Å². The third-order valence-corrected chi connectivity index (χ3v) is 4.18. The van der Waals surface area contributed by atoms with Crippen molar-refractivity contribution in [2.75, 3.05) is 12.3 Å². The van der Waals surface area contributed by atoms with Crippen LogP contribution < -0.4 is 11.3 Å². The Bertz CT molecular complexity index is 565. The molecule has 1 aliphatic heterocycles. The highest BCUT2D eigenvalue weighted by Gasteiger charge is 2.28. The van der Waals surface area contributed by atoms with E-state index in [1.807, 2.05) is 11.8 Å². The number of pyridine rings is 1. The summed E-state index contributed by atoms with van der Waals surface area (Å²) >= 11 is 0. The van der Waals surface area contributed by atoms with Gasteiger partial charge in [-0.15, -0.1) is 0 Å². The van der Waals surface area contributed by atoms with Crippen LogP contribution >= 0.6 is 0 Å². The van der Waals surface area contributed by atoms with E-state index < -0.39 is 6.04 Å². The SMILES string of the molecule is Cc1ccc(N)c(=O)n1[C@@H](C)C(=O)N1CCCC[C@H]1C. The summed E-state index contributed by atoms with van der Waals surface area (Å²) in [7, 11) is 0. The number of amides is 1. The normalized spacial score (nSPS) is 20.8. The highest BCUT2D eigenvalue weighted by atomic mass is 16.2. The first-order chi connectivity index (χ1) is 9.43. The van der Waals surface area contributed by atoms with Gasteiger partial charge in [-0.3, -0.25) is 14.2 Å². The average molecular weight is 277 g/mol. The van der Waals surface area contributed by atoms with E-state index in [9.17, 15) is 9.59 Å². The number of carbonyl (C=O) groups is 1. The number of anilines is 1. The van der Waals surface area contributed by atoms with Gasteiger partial charge < -0.3 is 10.6 Å². The summed E-state index contributed by atoms with van der Waals surface area (Å²) in [6, 6.07) is 3.11. The minimum atomic E-state index is -0.508. The number of hydrogen-bond donors (Lipinski definition) is 1. The average Bonchev–Trinajstić information content (AvgIpc) is 2.43. The number of hydrogen-bond acceptors (Lipinski definition) is 3. The number of carbonyl (C=O) groups excluding carboxylic acids is 1. The standard InChI is InChI=1S/C15H23N3O2/c1-10-6-4-5-9-17(10)14(19)12(3)18-11(2)7-8-13(16)15(18)20/h7-8,10,12H,4-6,9,16H2,1-3H3/t10-,12+/m1/s1. The molecule has 2 N–H and O–H groups in total. The van der Waals surface area contributed by atoms with Crippen LogP contribution in [-0.2, 0) is 4.79 Å². The maximum absolute atomic E-state index is 12.7. The molecule has 0 saturated carbocycles. The van der Waals surface area contributed by atoms with E-state index in [4.69, 9.17) is 5.73 Å². The number of nitrogens with two attached hydrogens (primary N) is 1. The molecule has 0 aromatic carbocycles. The Balaban J connectivity index is 2.31. The molecule has 5 nitrogen and oxygen atoms in total. The largest absolute Gasteiger partial charge is 0.394 e. The lowest BCUT2D eigenvalue weighted by Crippen LogP contribution is -2.46. The molecule has 2 atom stereocenters. The van der Waals surface area contributed by atoms with E-state index in [2.05, 4.69) is 6.92 Å². The summed E-state index contributed by atoms with van der Waals surface area (Å²) in [5, 5.41) is 0. The maximum Gasteiger partial charge on any atom is 0.274 e. The van der Waals surface area contributed by atoms with Crippen molar-refractivity contribution in [3.63, 3.8) is 0 Å². The number of nitrogens with zero attached hydrogens (tertiary/aromatic N) is 2. The van der Waals surface area contributed by atoms with Gasteiger partial charge in [-0.05, 0) is 52.2 Å². The fourth-order valence-electron chi connectivity index (χ4n) is 2.92. The first-order valence-electron chi connectivity index (χ1n) is 7.21. The van der Waals surface area contributed by atoms with Crippen molar-refractivity contribution in [2.45, 2.75) is 52.1 Å². The molecule has 2 rings (SSSR count). The van der Waals surface area contributed by atoms with Crippen molar-refractivity contribution >= 4 is 11.6 Å². The zero-order valence-electron chi connectivity index (χ0n) is 12.4. The smallest absolute Gasteiger partial charge is 0.274 e. The molecule has 0 bridgehead atoms. The van der Waals surface area contributed by atoms with E-state index in [1.54, 1.807) is 19.1 Å². The second kappa shape index (κ2) is 5.69. The quantitative estimate of drug-likeness (QED) is 0.894. The second-order valence-electron chi connectivity index (χ2n) is 5.66. The van der Waals surface area contributed by atoms with Crippen LogP contribution in [0.15, 0.2) is 16.9 Å². The van der Waals surface area contributed by atoms with Gasteiger partial charge in [-0.1, -0.05) is 0 Å². The Morgan fingerprint density at radius 3 is 2.75 bits per heavy atom. The Labute approximate surface area is 119 Å². The Kier molecular flexibility index (Phi) is 4.16. The summed E-state index contributed by atoms with van der Waals surface area (Å²) in [5.74, 6) is 0.00741. The van der Waals surface area contributed by atoms with Crippen LogP contribution in [0.5, 0.6) is 0 Å². The molecule has 1 aromatic rings. The predicted molar refractivity (Wildman–Crippen MR) is 79.6 cm³/mol. The molecule has 110 valence electrons. The van der Waals surface area contributed by atoms with Gasteiger partial charge in [0.1, 0.15) is 6.04 Å². The summed E-state index contributed by atoms with van der Waals surface area (Å²) in [5.41, 5.74) is 6.33.